The van der Waals surface area contributed by atoms with Crippen LogP contribution in [0.5, 0.6) is 0 Å². The molecule has 0 bridgehead atoms. The molecular formula is C24H50O7. The summed E-state index contributed by atoms with van der Waals surface area (Å²) in [4.78, 5) is 10.4. The molecule has 0 aliphatic heterocycles. The fourth-order valence-corrected chi connectivity index (χ4v) is 3.16. The van der Waals surface area contributed by atoms with Gasteiger partial charge in [0.05, 0.1) is 32.0 Å². The maximum atomic E-state index is 10.4. The third-order valence-corrected chi connectivity index (χ3v) is 5.94. The first-order valence-electron chi connectivity index (χ1n) is 12.2. The largest absolute Gasteiger partial charge is 0.481 e. The molecule has 0 aromatic rings. The number of carboxylic acids is 1. The molecule has 7 heteroatoms. The molecule has 0 heterocycles. The minimum Gasteiger partial charge on any atom is -0.481 e. The summed E-state index contributed by atoms with van der Waals surface area (Å²) in [5, 5.41) is 54.3. The third-order valence-electron chi connectivity index (χ3n) is 5.94. The van der Waals surface area contributed by atoms with Crippen molar-refractivity contribution in [3.63, 3.8) is 0 Å². The minimum absolute atomic E-state index is 0.156. The van der Waals surface area contributed by atoms with Crippen LogP contribution in [0.3, 0.4) is 0 Å². The summed E-state index contributed by atoms with van der Waals surface area (Å²) < 4.78 is 0. The van der Waals surface area contributed by atoms with Crippen molar-refractivity contribution in [1.29, 1.82) is 0 Å². The smallest absolute Gasteiger partial charge is 0.303 e. The summed E-state index contributed by atoms with van der Waals surface area (Å²) in [5.41, 5.74) is -0.667. The summed E-state index contributed by atoms with van der Waals surface area (Å²) in [5.74, 6) is -0.728. The molecule has 0 aromatic carbocycles. The van der Waals surface area contributed by atoms with E-state index in [2.05, 4.69) is 6.92 Å². The molecule has 0 saturated heterocycles. The van der Waals surface area contributed by atoms with Crippen LogP contribution in [0.2, 0.25) is 0 Å². The minimum atomic E-state index is -0.728. The third kappa shape index (κ3) is 19.7. The van der Waals surface area contributed by atoms with E-state index < -0.39 is 23.6 Å². The van der Waals surface area contributed by atoms with Crippen LogP contribution in [-0.4, -0.2) is 68.6 Å². The lowest BCUT2D eigenvalue weighted by molar-refractivity contribution is -0.137. The highest BCUT2D eigenvalue weighted by Gasteiger charge is 2.24. The number of unbranched alkanes of at least 4 members (excludes halogenated alkanes) is 9. The van der Waals surface area contributed by atoms with Gasteiger partial charge in [-0.2, -0.15) is 0 Å². The Labute approximate surface area is 189 Å². The van der Waals surface area contributed by atoms with Crippen molar-refractivity contribution < 1.29 is 35.4 Å². The second-order valence-corrected chi connectivity index (χ2v) is 8.72. The van der Waals surface area contributed by atoms with Crippen LogP contribution < -0.4 is 0 Å². The lowest BCUT2D eigenvalue weighted by Gasteiger charge is -2.24. The number of carboxylic acid groups (broad SMARTS) is 1. The second kappa shape index (κ2) is 22.5. The van der Waals surface area contributed by atoms with Crippen LogP contribution in [-0.2, 0) is 4.79 Å². The molecule has 31 heavy (non-hydrogen) atoms. The molecule has 188 valence electrons. The molecule has 2 atom stereocenters. The Kier molecular flexibility index (Phi) is 23.5. The van der Waals surface area contributed by atoms with Gasteiger partial charge in [0, 0.05) is 11.8 Å². The molecule has 0 saturated carbocycles. The van der Waals surface area contributed by atoms with Crippen LogP contribution in [0.1, 0.15) is 110 Å². The monoisotopic (exact) mass is 450 g/mol. The van der Waals surface area contributed by atoms with Gasteiger partial charge in [-0.25, -0.2) is 0 Å². The normalized spacial score (nSPS) is 13.4. The van der Waals surface area contributed by atoms with Crippen molar-refractivity contribution in [3.8, 4) is 0 Å². The summed E-state index contributed by atoms with van der Waals surface area (Å²) in [7, 11) is 0. The van der Waals surface area contributed by atoms with Gasteiger partial charge in [0.2, 0.25) is 0 Å². The summed E-state index contributed by atoms with van der Waals surface area (Å²) in [6, 6.07) is 0. The Morgan fingerprint density at radius 1 is 0.677 bits per heavy atom. The van der Waals surface area contributed by atoms with Gasteiger partial charge in [-0.1, -0.05) is 78.1 Å². The predicted octanol–water partition coefficient (Wildman–Crippen LogP) is 3.63. The highest BCUT2D eigenvalue weighted by molar-refractivity contribution is 5.66. The van der Waals surface area contributed by atoms with E-state index in [4.69, 9.17) is 20.4 Å². The standard InChI is InChI=1S/C18H36O4.C6H14O3/c1-2-3-4-5-7-10-13-16(19)17(20)14-11-8-6-9-12-15-18(21)22;1-2-6(3-7,4-8)5-9/h16-17,19-20H,2-15H2,1H3,(H,21,22);7-9H,2-5H2,1H3. The average Bonchev–Trinajstić information content (AvgIpc) is 2.77. The lowest BCUT2D eigenvalue weighted by atomic mass is 9.88. The van der Waals surface area contributed by atoms with E-state index in [1.54, 1.807) is 0 Å². The quantitative estimate of drug-likeness (QED) is 0.156. The van der Waals surface area contributed by atoms with E-state index in [1.165, 1.54) is 25.7 Å². The van der Waals surface area contributed by atoms with Gasteiger partial charge in [-0.3, -0.25) is 4.79 Å². The van der Waals surface area contributed by atoms with Gasteiger partial charge >= 0.3 is 5.97 Å². The van der Waals surface area contributed by atoms with Gasteiger partial charge in [0.15, 0.2) is 0 Å². The zero-order valence-electron chi connectivity index (χ0n) is 20.0. The number of aliphatic carboxylic acids is 1. The zero-order chi connectivity index (χ0) is 24.0. The number of carbonyl (C=O) groups is 1. The van der Waals surface area contributed by atoms with Gasteiger partial charge in [-0.15, -0.1) is 0 Å². The molecule has 7 nitrogen and oxygen atoms in total. The summed E-state index contributed by atoms with van der Waals surface area (Å²) in [6.07, 6.45) is 12.8. The van der Waals surface area contributed by atoms with Crippen LogP contribution in [0.4, 0.5) is 0 Å². The number of rotatable bonds is 20. The Morgan fingerprint density at radius 3 is 1.39 bits per heavy atom. The van der Waals surface area contributed by atoms with Crippen LogP contribution in [0.15, 0.2) is 0 Å². The highest BCUT2D eigenvalue weighted by atomic mass is 16.4. The fourth-order valence-electron chi connectivity index (χ4n) is 3.16. The van der Waals surface area contributed by atoms with Crippen LogP contribution in [0, 0.1) is 5.41 Å². The van der Waals surface area contributed by atoms with E-state index in [0.717, 1.165) is 44.9 Å². The SMILES string of the molecule is CCC(CO)(CO)CO.CCCCCCCCC(O)C(O)CCCCCCCC(=O)O. The molecule has 0 spiro atoms. The maximum absolute atomic E-state index is 10.4. The number of aliphatic hydroxyl groups excluding tert-OH is 5. The molecule has 0 radical (unpaired) electrons. The van der Waals surface area contributed by atoms with Crippen molar-refractivity contribution >= 4 is 5.97 Å². The van der Waals surface area contributed by atoms with E-state index in [1.807, 2.05) is 6.92 Å². The molecule has 0 amide bonds. The van der Waals surface area contributed by atoms with Crippen molar-refractivity contribution in [2.45, 2.75) is 122 Å². The van der Waals surface area contributed by atoms with Crippen molar-refractivity contribution in [2.75, 3.05) is 19.8 Å². The van der Waals surface area contributed by atoms with Crippen LogP contribution >= 0.6 is 0 Å². The maximum Gasteiger partial charge on any atom is 0.303 e. The van der Waals surface area contributed by atoms with Gasteiger partial charge in [0.1, 0.15) is 0 Å². The fraction of sp³-hybridized carbons (Fsp3) is 0.958. The van der Waals surface area contributed by atoms with E-state index >= 15 is 0 Å². The van der Waals surface area contributed by atoms with Crippen molar-refractivity contribution in [2.24, 2.45) is 5.41 Å². The van der Waals surface area contributed by atoms with Gasteiger partial charge < -0.3 is 30.6 Å². The number of hydrogen-bond donors (Lipinski definition) is 6. The Morgan fingerprint density at radius 2 is 1.06 bits per heavy atom. The Balaban J connectivity index is 0. The van der Waals surface area contributed by atoms with Gasteiger partial charge in [-0.05, 0) is 25.7 Å². The topological polar surface area (TPSA) is 138 Å². The van der Waals surface area contributed by atoms with E-state index in [-0.39, 0.29) is 26.2 Å². The molecule has 6 N–H and O–H groups in total. The first kappa shape index (κ1) is 32.4. The summed E-state index contributed by atoms with van der Waals surface area (Å²) >= 11 is 0. The molecule has 2 unspecified atom stereocenters. The molecule has 0 aromatic heterocycles. The van der Waals surface area contributed by atoms with E-state index in [0.29, 0.717) is 19.3 Å². The van der Waals surface area contributed by atoms with E-state index in [9.17, 15) is 15.0 Å². The lowest BCUT2D eigenvalue weighted by Crippen LogP contribution is -2.32. The van der Waals surface area contributed by atoms with Gasteiger partial charge in [0.25, 0.3) is 0 Å². The second-order valence-electron chi connectivity index (χ2n) is 8.72. The predicted molar refractivity (Wildman–Crippen MR) is 124 cm³/mol. The first-order chi connectivity index (χ1) is 14.8. The first-order valence-corrected chi connectivity index (χ1v) is 12.2. The highest BCUT2D eigenvalue weighted by Crippen LogP contribution is 2.18. The van der Waals surface area contributed by atoms with Crippen molar-refractivity contribution in [1.82, 2.24) is 0 Å². The molecular weight excluding hydrogens is 400 g/mol. The number of hydrogen-bond acceptors (Lipinski definition) is 6. The van der Waals surface area contributed by atoms with Crippen LogP contribution in [0.25, 0.3) is 0 Å². The average molecular weight is 451 g/mol. The summed E-state index contributed by atoms with van der Waals surface area (Å²) in [6.45, 7) is 3.55. The molecule has 0 fully saturated rings. The number of aliphatic hydroxyl groups is 5. The molecule has 0 aliphatic rings. The Hall–Kier alpha value is -0.730. The van der Waals surface area contributed by atoms with Crippen molar-refractivity contribution in [3.05, 3.63) is 0 Å². The Bertz CT molecular complexity index is 369. The molecule has 0 rings (SSSR count). The zero-order valence-corrected chi connectivity index (χ0v) is 20.0. The molecule has 0 aliphatic carbocycles.